The molecule has 1 aromatic rings. The maximum atomic E-state index is 12.0. The summed E-state index contributed by atoms with van der Waals surface area (Å²) in [6.07, 6.45) is 0.208. The summed E-state index contributed by atoms with van der Waals surface area (Å²) in [4.78, 5) is 13.6. The molecule has 0 aliphatic carbocycles. The largest absolute Gasteiger partial charge is 0.399 e. The summed E-state index contributed by atoms with van der Waals surface area (Å²) in [7, 11) is 0. The molecule has 1 amide bonds. The zero-order valence-electron chi connectivity index (χ0n) is 8.89. The zero-order chi connectivity index (χ0) is 11.7. The average Bonchev–Trinajstić information content (AvgIpc) is 2.64. The van der Waals surface area contributed by atoms with Gasteiger partial charge < -0.3 is 21.5 Å². The van der Waals surface area contributed by atoms with Crippen LogP contribution in [0.5, 0.6) is 0 Å². The number of β-amino-alcohol motifs (C(OH)–C–C–N with tert-alkyl or cyclic N) is 1. The summed E-state index contributed by atoms with van der Waals surface area (Å²) in [6.45, 7) is 0.951. The lowest BCUT2D eigenvalue weighted by Gasteiger charge is -2.16. The predicted octanol–water partition coefficient (Wildman–Crippen LogP) is 0.0578. The van der Waals surface area contributed by atoms with E-state index in [1.807, 2.05) is 0 Å². The Morgan fingerprint density at radius 2 is 2.19 bits per heavy atom. The molecule has 0 saturated carbocycles. The van der Waals surface area contributed by atoms with Crippen molar-refractivity contribution in [3.05, 3.63) is 23.8 Å². The fourth-order valence-corrected chi connectivity index (χ4v) is 1.87. The van der Waals surface area contributed by atoms with E-state index < -0.39 is 6.10 Å². The first-order valence-corrected chi connectivity index (χ1v) is 5.20. The Kier molecular flexibility index (Phi) is 2.70. The number of hydrogen-bond acceptors (Lipinski definition) is 4. The molecule has 0 radical (unpaired) electrons. The van der Waals surface area contributed by atoms with E-state index in [1.165, 1.54) is 0 Å². The quantitative estimate of drug-likeness (QED) is 0.584. The highest BCUT2D eigenvalue weighted by Crippen LogP contribution is 2.20. The average molecular weight is 221 g/mol. The van der Waals surface area contributed by atoms with Crippen molar-refractivity contribution in [2.45, 2.75) is 12.5 Å². The number of carbonyl (C=O) groups is 1. The van der Waals surface area contributed by atoms with Crippen molar-refractivity contribution in [2.24, 2.45) is 0 Å². The molecule has 1 heterocycles. The van der Waals surface area contributed by atoms with Gasteiger partial charge in [0.2, 0.25) is 0 Å². The van der Waals surface area contributed by atoms with Gasteiger partial charge in [-0.25, -0.2) is 0 Å². The van der Waals surface area contributed by atoms with Gasteiger partial charge in [-0.1, -0.05) is 0 Å². The Morgan fingerprint density at radius 1 is 1.44 bits per heavy atom. The number of aliphatic hydroxyl groups excluding tert-OH is 1. The minimum Gasteiger partial charge on any atom is -0.399 e. The Hall–Kier alpha value is -1.75. The molecule has 1 fully saturated rings. The van der Waals surface area contributed by atoms with E-state index in [0.29, 0.717) is 36.4 Å². The van der Waals surface area contributed by atoms with E-state index >= 15 is 0 Å². The lowest BCUT2D eigenvalue weighted by atomic mass is 10.1. The summed E-state index contributed by atoms with van der Waals surface area (Å²) in [6, 6.07) is 4.84. The number of benzene rings is 1. The second-order valence-electron chi connectivity index (χ2n) is 4.04. The number of nitrogens with two attached hydrogens (primary N) is 2. The van der Waals surface area contributed by atoms with Crippen LogP contribution in [0.4, 0.5) is 11.4 Å². The normalized spacial score (nSPS) is 20.1. The third kappa shape index (κ3) is 1.94. The molecule has 0 unspecified atom stereocenters. The van der Waals surface area contributed by atoms with E-state index in [1.54, 1.807) is 23.1 Å². The maximum absolute atomic E-state index is 12.0. The van der Waals surface area contributed by atoms with Gasteiger partial charge in [0.05, 0.1) is 11.7 Å². The highest BCUT2D eigenvalue weighted by molar-refractivity contribution is 5.99. The lowest BCUT2D eigenvalue weighted by molar-refractivity contribution is 0.0766. The molecule has 1 aromatic carbocycles. The van der Waals surface area contributed by atoms with Gasteiger partial charge in [0.1, 0.15) is 0 Å². The summed E-state index contributed by atoms with van der Waals surface area (Å²) < 4.78 is 0. The number of aliphatic hydroxyl groups is 1. The van der Waals surface area contributed by atoms with Crippen molar-refractivity contribution in [3.8, 4) is 0 Å². The predicted molar refractivity (Wildman–Crippen MR) is 61.8 cm³/mol. The third-order valence-electron chi connectivity index (χ3n) is 2.76. The number of nitrogen functional groups attached to an aromatic ring is 2. The summed E-state index contributed by atoms with van der Waals surface area (Å²) >= 11 is 0. The number of rotatable bonds is 1. The van der Waals surface area contributed by atoms with Gasteiger partial charge in [-0.15, -0.1) is 0 Å². The Balaban J connectivity index is 2.21. The monoisotopic (exact) mass is 221 g/mol. The minimum absolute atomic E-state index is 0.144. The van der Waals surface area contributed by atoms with Crippen molar-refractivity contribution in [2.75, 3.05) is 24.6 Å². The van der Waals surface area contributed by atoms with Crippen LogP contribution in [0.15, 0.2) is 18.2 Å². The van der Waals surface area contributed by atoms with Gasteiger partial charge >= 0.3 is 0 Å². The van der Waals surface area contributed by atoms with Gasteiger partial charge in [0.25, 0.3) is 5.91 Å². The SMILES string of the molecule is Nc1ccc(C(=O)N2CC[C@H](O)C2)c(N)c1. The molecule has 1 atom stereocenters. The van der Waals surface area contributed by atoms with Gasteiger partial charge in [-0.3, -0.25) is 4.79 Å². The Labute approximate surface area is 93.6 Å². The number of carbonyl (C=O) groups excluding carboxylic acids is 1. The van der Waals surface area contributed by atoms with Crippen LogP contribution in [0, 0.1) is 0 Å². The summed E-state index contributed by atoms with van der Waals surface area (Å²) in [5, 5.41) is 9.36. The topological polar surface area (TPSA) is 92.6 Å². The molecule has 1 saturated heterocycles. The standard InChI is InChI=1S/C11H15N3O2/c12-7-1-2-9(10(13)5-7)11(16)14-4-3-8(15)6-14/h1-2,5,8,15H,3-4,6,12-13H2/t8-/m0/s1. The molecule has 0 bridgehead atoms. The van der Waals surface area contributed by atoms with Crippen LogP contribution >= 0.6 is 0 Å². The number of amides is 1. The van der Waals surface area contributed by atoms with Crippen LogP contribution in [0.1, 0.15) is 16.8 Å². The van der Waals surface area contributed by atoms with Crippen molar-refractivity contribution in [3.63, 3.8) is 0 Å². The van der Waals surface area contributed by atoms with Crippen molar-refractivity contribution in [1.82, 2.24) is 4.90 Å². The highest BCUT2D eigenvalue weighted by Gasteiger charge is 2.26. The van der Waals surface area contributed by atoms with Crippen molar-refractivity contribution in [1.29, 1.82) is 0 Å². The fourth-order valence-electron chi connectivity index (χ4n) is 1.87. The second-order valence-corrected chi connectivity index (χ2v) is 4.04. The van der Waals surface area contributed by atoms with Crippen LogP contribution in [0.2, 0.25) is 0 Å². The number of hydrogen-bond donors (Lipinski definition) is 3. The van der Waals surface area contributed by atoms with Gasteiger partial charge in [0, 0.05) is 24.5 Å². The van der Waals surface area contributed by atoms with E-state index in [4.69, 9.17) is 11.5 Å². The summed E-state index contributed by atoms with van der Waals surface area (Å²) in [5.74, 6) is -0.144. The van der Waals surface area contributed by atoms with Crippen LogP contribution in [-0.4, -0.2) is 35.1 Å². The zero-order valence-corrected chi connectivity index (χ0v) is 8.89. The van der Waals surface area contributed by atoms with Crippen LogP contribution in [-0.2, 0) is 0 Å². The van der Waals surface area contributed by atoms with Crippen LogP contribution < -0.4 is 11.5 Å². The van der Waals surface area contributed by atoms with E-state index in [0.717, 1.165) is 0 Å². The molecular formula is C11H15N3O2. The molecule has 16 heavy (non-hydrogen) atoms. The Bertz CT molecular complexity index is 420. The molecule has 1 aliphatic rings. The molecule has 0 aromatic heterocycles. The highest BCUT2D eigenvalue weighted by atomic mass is 16.3. The lowest BCUT2D eigenvalue weighted by Crippen LogP contribution is -2.30. The second kappa shape index (κ2) is 4.02. The molecule has 1 aliphatic heterocycles. The van der Waals surface area contributed by atoms with Gasteiger partial charge in [-0.05, 0) is 24.6 Å². The maximum Gasteiger partial charge on any atom is 0.256 e. The molecule has 5 N–H and O–H groups in total. The van der Waals surface area contributed by atoms with E-state index in [9.17, 15) is 9.90 Å². The number of nitrogens with zero attached hydrogens (tertiary/aromatic N) is 1. The molecule has 86 valence electrons. The first-order chi connectivity index (χ1) is 7.58. The number of likely N-dealkylation sites (tertiary alicyclic amines) is 1. The molecule has 5 nitrogen and oxygen atoms in total. The fraction of sp³-hybridized carbons (Fsp3) is 0.364. The van der Waals surface area contributed by atoms with Crippen LogP contribution in [0.3, 0.4) is 0 Å². The van der Waals surface area contributed by atoms with Gasteiger partial charge in [-0.2, -0.15) is 0 Å². The molecule has 5 heteroatoms. The molecule has 2 rings (SSSR count). The van der Waals surface area contributed by atoms with Gasteiger partial charge in [0.15, 0.2) is 0 Å². The van der Waals surface area contributed by atoms with Crippen LogP contribution in [0.25, 0.3) is 0 Å². The van der Waals surface area contributed by atoms with Crippen molar-refractivity contribution < 1.29 is 9.90 Å². The van der Waals surface area contributed by atoms with E-state index in [-0.39, 0.29) is 5.91 Å². The summed E-state index contributed by atoms with van der Waals surface area (Å²) in [5.41, 5.74) is 12.7. The third-order valence-corrected chi connectivity index (χ3v) is 2.76. The molecular weight excluding hydrogens is 206 g/mol. The van der Waals surface area contributed by atoms with E-state index in [2.05, 4.69) is 0 Å². The first-order valence-electron chi connectivity index (χ1n) is 5.20. The minimum atomic E-state index is -0.418. The smallest absolute Gasteiger partial charge is 0.256 e. The first kappa shape index (κ1) is 10.8. The number of anilines is 2. The Morgan fingerprint density at radius 3 is 2.75 bits per heavy atom. The molecule has 0 spiro atoms. The van der Waals surface area contributed by atoms with Crippen molar-refractivity contribution >= 4 is 17.3 Å².